The molecule has 0 radical (unpaired) electrons. The molecular weight excluding hydrogens is 374 g/mol. The van der Waals surface area contributed by atoms with Crippen molar-refractivity contribution in [3.63, 3.8) is 0 Å². The Bertz CT molecular complexity index is 677. The van der Waals surface area contributed by atoms with Gasteiger partial charge in [0.1, 0.15) is 0 Å². The van der Waals surface area contributed by atoms with Crippen molar-refractivity contribution in [1.29, 1.82) is 0 Å². The lowest BCUT2D eigenvalue weighted by molar-refractivity contribution is 0.224. The van der Waals surface area contributed by atoms with Crippen LogP contribution in [0, 0.1) is 0 Å². The van der Waals surface area contributed by atoms with Crippen molar-refractivity contribution < 1.29 is 8.42 Å². The number of primary sulfonamides is 1. The topological polar surface area (TPSA) is 99.8 Å². The molecule has 4 N–H and O–H groups in total. The molecule has 0 aliphatic rings. The first-order valence-corrected chi connectivity index (χ1v) is 10.9. The van der Waals surface area contributed by atoms with E-state index in [9.17, 15) is 8.42 Å². The second-order valence-corrected chi connectivity index (χ2v) is 7.91. The van der Waals surface area contributed by atoms with Crippen molar-refractivity contribution in [2.45, 2.75) is 26.8 Å². The highest BCUT2D eigenvalue weighted by molar-refractivity contribution is 7.89. The van der Waals surface area contributed by atoms with E-state index in [4.69, 9.17) is 16.7 Å². The molecule has 0 aliphatic heterocycles. The van der Waals surface area contributed by atoms with E-state index in [1.807, 2.05) is 31.2 Å². The zero-order chi connectivity index (χ0) is 19.6. The Labute approximate surface area is 162 Å². The average molecular weight is 404 g/mol. The molecule has 0 spiro atoms. The minimum atomic E-state index is -3.51. The van der Waals surface area contributed by atoms with Gasteiger partial charge in [-0.1, -0.05) is 43.6 Å². The third-order valence-electron chi connectivity index (χ3n) is 3.96. The summed E-state index contributed by atoms with van der Waals surface area (Å²) in [5.41, 5.74) is 1.03. The van der Waals surface area contributed by atoms with E-state index in [1.54, 1.807) is 0 Å². The maximum absolute atomic E-state index is 11.1. The first kappa shape index (κ1) is 22.7. The molecular formula is C17H30ClN5O2S. The predicted molar refractivity (Wildman–Crippen MR) is 109 cm³/mol. The third-order valence-corrected chi connectivity index (χ3v) is 5.08. The van der Waals surface area contributed by atoms with Crippen molar-refractivity contribution >= 4 is 27.6 Å². The Kier molecular flexibility index (Phi) is 9.93. The molecule has 0 fully saturated rings. The summed E-state index contributed by atoms with van der Waals surface area (Å²) in [6, 6.07) is 7.81. The third kappa shape index (κ3) is 7.90. The molecule has 1 aromatic carbocycles. The molecule has 1 rings (SSSR count). The molecule has 148 valence electrons. The lowest BCUT2D eigenvalue weighted by Crippen LogP contribution is -2.41. The molecule has 0 amide bonds. The minimum absolute atomic E-state index is 0.0346. The van der Waals surface area contributed by atoms with E-state index >= 15 is 0 Å². The maximum atomic E-state index is 11.1. The van der Waals surface area contributed by atoms with E-state index in [-0.39, 0.29) is 18.3 Å². The van der Waals surface area contributed by atoms with Gasteiger partial charge in [-0.25, -0.2) is 13.6 Å². The van der Waals surface area contributed by atoms with Crippen LogP contribution in [0.4, 0.5) is 0 Å². The average Bonchev–Trinajstić information content (AvgIpc) is 2.58. The van der Waals surface area contributed by atoms with Crippen LogP contribution in [0.2, 0.25) is 5.02 Å². The molecule has 0 saturated carbocycles. The number of hydrogen-bond acceptors (Lipinski definition) is 4. The molecule has 1 unspecified atom stereocenters. The van der Waals surface area contributed by atoms with Gasteiger partial charge in [0.25, 0.3) is 0 Å². The van der Waals surface area contributed by atoms with E-state index in [0.29, 0.717) is 24.1 Å². The van der Waals surface area contributed by atoms with Gasteiger partial charge in [0, 0.05) is 18.1 Å². The fourth-order valence-corrected chi connectivity index (χ4v) is 3.30. The number of benzene rings is 1. The summed E-state index contributed by atoms with van der Waals surface area (Å²) in [5.74, 6) is 0.405. The summed E-state index contributed by atoms with van der Waals surface area (Å²) in [6.45, 7) is 9.27. The summed E-state index contributed by atoms with van der Waals surface area (Å²) in [6.07, 6.45) is 0. The van der Waals surface area contributed by atoms with Crippen LogP contribution in [-0.2, 0) is 10.0 Å². The number of rotatable bonds is 10. The number of hydrogen-bond donors (Lipinski definition) is 3. The van der Waals surface area contributed by atoms with Crippen molar-refractivity contribution in [2.24, 2.45) is 10.1 Å². The molecule has 26 heavy (non-hydrogen) atoms. The van der Waals surface area contributed by atoms with Crippen LogP contribution in [0.5, 0.6) is 0 Å². The Hall–Kier alpha value is -1.35. The highest BCUT2D eigenvalue weighted by atomic mass is 35.5. The summed E-state index contributed by atoms with van der Waals surface area (Å²) in [7, 11) is -3.51. The van der Waals surface area contributed by atoms with E-state index in [2.05, 4.69) is 34.4 Å². The molecule has 7 nitrogen and oxygen atoms in total. The number of sulfonamides is 1. The Balaban J connectivity index is 2.95. The van der Waals surface area contributed by atoms with Gasteiger partial charge in [0.2, 0.25) is 10.0 Å². The van der Waals surface area contributed by atoms with Crippen LogP contribution in [0.3, 0.4) is 0 Å². The van der Waals surface area contributed by atoms with Crippen molar-refractivity contribution in [1.82, 2.24) is 15.5 Å². The zero-order valence-electron chi connectivity index (χ0n) is 15.7. The number of nitrogens with two attached hydrogens (primary N) is 1. The van der Waals surface area contributed by atoms with Gasteiger partial charge in [-0.3, -0.25) is 9.89 Å². The lowest BCUT2D eigenvalue weighted by atomic mass is 10.1. The van der Waals surface area contributed by atoms with Crippen molar-refractivity contribution in [3.8, 4) is 0 Å². The van der Waals surface area contributed by atoms with Crippen LogP contribution < -0.4 is 15.8 Å². The zero-order valence-corrected chi connectivity index (χ0v) is 17.3. The van der Waals surface area contributed by atoms with Gasteiger partial charge in [-0.15, -0.1) is 0 Å². The van der Waals surface area contributed by atoms with E-state index in [0.717, 1.165) is 18.7 Å². The molecule has 0 heterocycles. The molecule has 9 heteroatoms. The quantitative estimate of drug-likeness (QED) is 0.406. The maximum Gasteiger partial charge on any atom is 0.210 e. The van der Waals surface area contributed by atoms with Gasteiger partial charge in [0.15, 0.2) is 5.96 Å². The van der Waals surface area contributed by atoms with E-state index in [1.165, 1.54) is 0 Å². The van der Waals surface area contributed by atoms with Crippen molar-refractivity contribution in [2.75, 3.05) is 38.5 Å². The fourth-order valence-electron chi connectivity index (χ4n) is 2.65. The van der Waals surface area contributed by atoms with Gasteiger partial charge < -0.3 is 10.6 Å². The lowest BCUT2D eigenvalue weighted by Gasteiger charge is -2.29. The molecule has 1 atom stereocenters. The number of nitrogens with one attached hydrogen (secondary N) is 2. The molecule has 0 bridgehead atoms. The predicted octanol–water partition coefficient (Wildman–Crippen LogP) is 1.57. The number of guanidine groups is 1. The molecule has 0 saturated heterocycles. The van der Waals surface area contributed by atoms with Crippen molar-refractivity contribution in [3.05, 3.63) is 34.9 Å². The first-order valence-electron chi connectivity index (χ1n) is 8.83. The summed E-state index contributed by atoms with van der Waals surface area (Å²) in [5, 5.41) is 11.9. The summed E-state index contributed by atoms with van der Waals surface area (Å²) < 4.78 is 22.2. The first-order chi connectivity index (χ1) is 12.3. The Morgan fingerprint density at radius 1 is 1.23 bits per heavy atom. The minimum Gasteiger partial charge on any atom is -0.357 e. The Morgan fingerprint density at radius 3 is 2.42 bits per heavy atom. The monoisotopic (exact) mass is 403 g/mol. The second kappa shape index (κ2) is 11.4. The second-order valence-electron chi connectivity index (χ2n) is 5.77. The number of halogens is 1. The van der Waals surface area contributed by atoms with Crippen LogP contribution >= 0.6 is 11.6 Å². The van der Waals surface area contributed by atoms with Crippen LogP contribution in [-0.4, -0.2) is 57.8 Å². The molecule has 1 aromatic rings. The van der Waals surface area contributed by atoms with E-state index < -0.39 is 10.0 Å². The Morgan fingerprint density at radius 2 is 1.88 bits per heavy atom. The summed E-state index contributed by atoms with van der Waals surface area (Å²) in [4.78, 5) is 6.92. The van der Waals surface area contributed by atoms with Gasteiger partial charge in [0.05, 0.1) is 18.3 Å². The number of aliphatic imine (C=N–C) groups is 1. The van der Waals surface area contributed by atoms with Gasteiger partial charge in [-0.2, -0.15) is 0 Å². The van der Waals surface area contributed by atoms with Crippen LogP contribution in [0.25, 0.3) is 0 Å². The van der Waals surface area contributed by atoms with Crippen LogP contribution in [0.15, 0.2) is 29.3 Å². The SMILES string of the molecule is CCNC(=NCC(c1ccccc1Cl)N(CC)CC)NCCS(N)(=O)=O. The van der Waals surface area contributed by atoms with Gasteiger partial charge >= 0.3 is 0 Å². The van der Waals surface area contributed by atoms with Crippen LogP contribution in [0.1, 0.15) is 32.4 Å². The largest absolute Gasteiger partial charge is 0.357 e. The smallest absolute Gasteiger partial charge is 0.210 e. The highest BCUT2D eigenvalue weighted by Crippen LogP contribution is 2.27. The van der Waals surface area contributed by atoms with Gasteiger partial charge in [-0.05, 0) is 31.6 Å². The highest BCUT2D eigenvalue weighted by Gasteiger charge is 2.20. The fraction of sp³-hybridized carbons (Fsp3) is 0.588. The number of likely N-dealkylation sites (N-methyl/N-ethyl adjacent to an activating group) is 1. The number of nitrogens with zero attached hydrogens (tertiary/aromatic N) is 2. The summed E-state index contributed by atoms with van der Waals surface area (Å²) >= 11 is 6.40. The standard InChI is InChI=1S/C17H30ClN5O2S/c1-4-20-17(21-11-12-26(19,24)25)22-13-16(23(5-2)6-3)14-9-7-8-10-15(14)18/h7-10,16H,4-6,11-13H2,1-3H3,(H2,19,24,25)(H2,20,21,22). The molecule has 0 aliphatic carbocycles. The normalized spacial score (nSPS) is 13.7. The molecule has 0 aromatic heterocycles.